The predicted molar refractivity (Wildman–Crippen MR) is 73.2 cm³/mol. The molecule has 0 bridgehead atoms. The molecule has 1 aromatic rings. The molecule has 1 N–H and O–H groups in total. The fourth-order valence-corrected chi connectivity index (χ4v) is 1.52. The highest BCUT2D eigenvalue weighted by Crippen LogP contribution is 2.12. The summed E-state index contributed by atoms with van der Waals surface area (Å²) in [4.78, 5) is 12.1. The first-order valence-corrected chi connectivity index (χ1v) is 6.77. The van der Waals surface area contributed by atoms with Gasteiger partial charge in [0.05, 0.1) is 6.61 Å². The minimum Gasteiger partial charge on any atom is -0.463 e. The Morgan fingerprint density at radius 2 is 2.06 bits per heavy atom. The molecule has 18 heavy (non-hydrogen) atoms. The van der Waals surface area contributed by atoms with Gasteiger partial charge in [-0.2, -0.15) is 15.0 Å². The van der Waals surface area contributed by atoms with Crippen molar-refractivity contribution in [3.63, 3.8) is 0 Å². The maximum absolute atomic E-state index is 5.81. The monoisotopic (exact) mass is 272 g/mol. The van der Waals surface area contributed by atoms with Crippen molar-refractivity contribution in [1.29, 1.82) is 0 Å². The molecule has 0 fully saturated rings. The Kier molecular flexibility index (Phi) is 6.72. The van der Waals surface area contributed by atoms with Gasteiger partial charge in [0.2, 0.25) is 11.2 Å². The lowest BCUT2D eigenvalue weighted by Crippen LogP contribution is -2.08. The molecular formula is C12H21ClN4O. The average Bonchev–Trinajstić information content (AvgIpc) is 2.31. The third kappa shape index (κ3) is 6.00. The highest BCUT2D eigenvalue weighted by atomic mass is 35.5. The van der Waals surface area contributed by atoms with Crippen LogP contribution in [0.5, 0.6) is 6.01 Å². The minimum absolute atomic E-state index is 0.155. The zero-order valence-electron chi connectivity index (χ0n) is 11.2. The highest BCUT2D eigenvalue weighted by Gasteiger charge is 2.05. The summed E-state index contributed by atoms with van der Waals surface area (Å²) >= 11 is 5.81. The van der Waals surface area contributed by atoms with Crippen molar-refractivity contribution in [3.8, 4) is 6.01 Å². The number of anilines is 1. The molecule has 0 aliphatic rings. The summed E-state index contributed by atoms with van der Waals surface area (Å²) in [6, 6.07) is 0.289. The Labute approximate surface area is 113 Å². The second-order valence-electron chi connectivity index (χ2n) is 4.52. The molecule has 102 valence electrons. The molecule has 0 aromatic carbocycles. The van der Waals surface area contributed by atoms with Gasteiger partial charge in [-0.05, 0) is 36.8 Å². The third-order valence-electron chi connectivity index (χ3n) is 2.28. The lowest BCUT2D eigenvalue weighted by Gasteiger charge is -2.08. The van der Waals surface area contributed by atoms with Crippen LogP contribution >= 0.6 is 11.6 Å². The zero-order valence-corrected chi connectivity index (χ0v) is 12.0. The smallest absolute Gasteiger partial charge is 0.322 e. The van der Waals surface area contributed by atoms with Crippen molar-refractivity contribution in [2.75, 3.05) is 18.5 Å². The maximum Gasteiger partial charge on any atom is 0.322 e. The molecule has 0 unspecified atom stereocenters. The van der Waals surface area contributed by atoms with Crippen LogP contribution in [0.3, 0.4) is 0 Å². The second-order valence-corrected chi connectivity index (χ2v) is 4.86. The van der Waals surface area contributed by atoms with Crippen LogP contribution in [-0.2, 0) is 0 Å². The number of ether oxygens (including phenoxy) is 1. The van der Waals surface area contributed by atoms with Crippen molar-refractivity contribution in [2.45, 2.75) is 40.0 Å². The van der Waals surface area contributed by atoms with E-state index in [1.165, 1.54) is 0 Å². The topological polar surface area (TPSA) is 59.9 Å². The van der Waals surface area contributed by atoms with Crippen molar-refractivity contribution >= 4 is 17.5 Å². The first kappa shape index (κ1) is 15.0. The van der Waals surface area contributed by atoms with Gasteiger partial charge in [0.25, 0.3) is 0 Å². The van der Waals surface area contributed by atoms with Crippen LogP contribution in [0, 0.1) is 5.92 Å². The van der Waals surface area contributed by atoms with Gasteiger partial charge in [0, 0.05) is 6.54 Å². The molecule has 6 heteroatoms. The van der Waals surface area contributed by atoms with Crippen LogP contribution in [0.2, 0.25) is 5.28 Å². The van der Waals surface area contributed by atoms with E-state index < -0.39 is 0 Å². The van der Waals surface area contributed by atoms with E-state index in [2.05, 4.69) is 41.0 Å². The molecule has 0 aliphatic carbocycles. The normalized spacial score (nSPS) is 10.7. The van der Waals surface area contributed by atoms with E-state index in [1.54, 1.807) is 0 Å². The Balaban J connectivity index is 2.46. The van der Waals surface area contributed by atoms with Gasteiger partial charge in [-0.1, -0.05) is 20.8 Å². The fraction of sp³-hybridized carbons (Fsp3) is 0.750. The first-order valence-electron chi connectivity index (χ1n) is 6.40. The van der Waals surface area contributed by atoms with E-state index in [9.17, 15) is 0 Å². The standard InChI is InChI=1S/C12H21ClN4O/c1-4-7-14-11-15-10(13)16-12(17-11)18-8-5-6-9(2)3/h9H,4-8H2,1-3H3,(H,14,15,16,17). The molecular weight excluding hydrogens is 252 g/mol. The molecule has 0 radical (unpaired) electrons. The first-order chi connectivity index (χ1) is 8.61. The summed E-state index contributed by atoms with van der Waals surface area (Å²) in [7, 11) is 0. The molecule has 1 aromatic heterocycles. The molecule has 1 heterocycles. The van der Waals surface area contributed by atoms with Gasteiger partial charge < -0.3 is 10.1 Å². The molecule has 0 aliphatic heterocycles. The van der Waals surface area contributed by atoms with Crippen LogP contribution in [0.15, 0.2) is 0 Å². The SMILES string of the molecule is CCCNc1nc(Cl)nc(OCCCC(C)C)n1. The van der Waals surface area contributed by atoms with Crippen molar-refractivity contribution in [2.24, 2.45) is 5.92 Å². The summed E-state index contributed by atoms with van der Waals surface area (Å²) < 4.78 is 5.47. The second kappa shape index (κ2) is 8.08. The van der Waals surface area contributed by atoms with E-state index in [1.807, 2.05) is 0 Å². The van der Waals surface area contributed by atoms with Crippen LogP contribution < -0.4 is 10.1 Å². The number of nitrogens with one attached hydrogen (secondary N) is 1. The lowest BCUT2D eigenvalue weighted by molar-refractivity contribution is 0.275. The average molecular weight is 273 g/mol. The summed E-state index contributed by atoms with van der Waals surface area (Å²) in [5.74, 6) is 1.15. The molecule has 0 amide bonds. The largest absolute Gasteiger partial charge is 0.463 e. The minimum atomic E-state index is 0.155. The van der Waals surface area contributed by atoms with Gasteiger partial charge in [-0.3, -0.25) is 0 Å². The predicted octanol–water partition coefficient (Wildman–Crippen LogP) is 3.16. The summed E-state index contributed by atoms with van der Waals surface area (Å²) in [5, 5.41) is 3.21. The van der Waals surface area contributed by atoms with Gasteiger partial charge >= 0.3 is 6.01 Å². The maximum atomic E-state index is 5.81. The highest BCUT2D eigenvalue weighted by molar-refractivity contribution is 6.28. The van der Waals surface area contributed by atoms with E-state index in [0.717, 1.165) is 25.8 Å². The van der Waals surface area contributed by atoms with E-state index in [-0.39, 0.29) is 11.3 Å². The Morgan fingerprint density at radius 3 is 2.72 bits per heavy atom. The van der Waals surface area contributed by atoms with E-state index in [0.29, 0.717) is 18.5 Å². The van der Waals surface area contributed by atoms with Crippen molar-refractivity contribution in [3.05, 3.63) is 5.28 Å². The Bertz CT molecular complexity index is 360. The van der Waals surface area contributed by atoms with Gasteiger partial charge in [-0.15, -0.1) is 0 Å². The number of hydrogen-bond acceptors (Lipinski definition) is 5. The molecule has 0 saturated carbocycles. The van der Waals surface area contributed by atoms with Gasteiger partial charge in [-0.25, -0.2) is 0 Å². The fourth-order valence-electron chi connectivity index (χ4n) is 1.37. The molecule has 1 rings (SSSR count). The summed E-state index contributed by atoms with van der Waals surface area (Å²) in [6.45, 7) is 7.84. The van der Waals surface area contributed by atoms with Gasteiger partial charge in [0.1, 0.15) is 0 Å². The molecule has 5 nitrogen and oxygen atoms in total. The summed E-state index contributed by atoms with van der Waals surface area (Å²) in [6.07, 6.45) is 3.10. The number of hydrogen-bond donors (Lipinski definition) is 1. The summed E-state index contributed by atoms with van der Waals surface area (Å²) in [5.41, 5.74) is 0. The zero-order chi connectivity index (χ0) is 13.4. The van der Waals surface area contributed by atoms with Crippen molar-refractivity contribution in [1.82, 2.24) is 15.0 Å². The molecule has 0 atom stereocenters. The van der Waals surface area contributed by atoms with Crippen molar-refractivity contribution < 1.29 is 4.74 Å². The third-order valence-corrected chi connectivity index (χ3v) is 2.45. The van der Waals surface area contributed by atoms with Crippen LogP contribution in [0.4, 0.5) is 5.95 Å². The van der Waals surface area contributed by atoms with Crippen LogP contribution in [0.25, 0.3) is 0 Å². The Morgan fingerprint density at radius 1 is 1.28 bits per heavy atom. The van der Waals surface area contributed by atoms with Gasteiger partial charge in [0.15, 0.2) is 0 Å². The van der Waals surface area contributed by atoms with E-state index in [4.69, 9.17) is 16.3 Å². The number of aromatic nitrogens is 3. The Hall–Kier alpha value is -1.10. The number of halogens is 1. The number of rotatable bonds is 8. The molecule has 0 spiro atoms. The molecule has 0 saturated heterocycles. The van der Waals surface area contributed by atoms with Crippen LogP contribution in [0.1, 0.15) is 40.0 Å². The quantitative estimate of drug-likeness (QED) is 0.737. The number of nitrogens with zero attached hydrogens (tertiary/aromatic N) is 3. The van der Waals surface area contributed by atoms with E-state index >= 15 is 0 Å². The lowest BCUT2D eigenvalue weighted by atomic mass is 10.1. The van der Waals surface area contributed by atoms with Crippen LogP contribution in [-0.4, -0.2) is 28.1 Å².